The molecule has 0 nitrogen and oxygen atoms in total. The molecule has 8 rings (SSSR count). The first-order valence-corrected chi connectivity index (χ1v) is 14.8. The van der Waals surface area contributed by atoms with Crippen molar-refractivity contribution in [1.82, 2.24) is 0 Å². The van der Waals surface area contributed by atoms with Crippen LogP contribution in [0.1, 0.15) is 22.3 Å². The highest BCUT2D eigenvalue weighted by atomic mass is 14.2. The molecule has 8 aromatic rings. The Labute approximate surface area is 246 Å². The molecule has 0 saturated heterocycles. The van der Waals surface area contributed by atoms with Crippen LogP contribution in [0.15, 0.2) is 158 Å². The van der Waals surface area contributed by atoms with E-state index in [4.69, 9.17) is 0 Å². The van der Waals surface area contributed by atoms with Crippen molar-refractivity contribution < 1.29 is 0 Å². The van der Waals surface area contributed by atoms with Gasteiger partial charge in [-0.3, -0.25) is 0 Å². The second kappa shape index (κ2) is 10.3. The molecule has 0 aliphatic heterocycles. The lowest BCUT2D eigenvalue weighted by molar-refractivity contribution is 1.21. The first-order valence-electron chi connectivity index (χ1n) is 14.8. The molecule has 0 aliphatic rings. The monoisotopic (exact) mass is 534 g/mol. The Balaban J connectivity index is 1.51. The van der Waals surface area contributed by atoms with Crippen molar-refractivity contribution in [3.05, 3.63) is 180 Å². The smallest absolute Gasteiger partial charge is 0.00171 e. The summed E-state index contributed by atoms with van der Waals surface area (Å²) in [5, 5.41) is 8.10. The summed E-state index contributed by atoms with van der Waals surface area (Å²) in [5.41, 5.74) is 10.5. The number of rotatable bonds is 6. The van der Waals surface area contributed by atoms with E-state index in [1.807, 2.05) is 0 Å². The van der Waals surface area contributed by atoms with E-state index in [-0.39, 0.29) is 0 Å². The Kier molecular flexibility index (Phi) is 6.04. The van der Waals surface area contributed by atoms with Crippen molar-refractivity contribution in [3.63, 3.8) is 0 Å². The van der Waals surface area contributed by atoms with E-state index in [1.54, 1.807) is 0 Å². The summed E-state index contributed by atoms with van der Waals surface area (Å²) < 4.78 is 0. The summed E-state index contributed by atoms with van der Waals surface area (Å²) in [6.45, 7) is 0. The van der Waals surface area contributed by atoms with Gasteiger partial charge in [0.05, 0.1) is 0 Å². The van der Waals surface area contributed by atoms with Gasteiger partial charge in [0.15, 0.2) is 0 Å². The quantitative estimate of drug-likeness (QED) is 0.186. The molecule has 0 atom stereocenters. The van der Waals surface area contributed by atoms with Crippen LogP contribution in [-0.2, 0) is 12.8 Å². The lowest BCUT2D eigenvalue weighted by Crippen LogP contribution is -1.98. The summed E-state index contributed by atoms with van der Waals surface area (Å²) in [7, 11) is 0. The molecule has 0 aromatic heterocycles. The lowest BCUT2D eigenvalue weighted by Gasteiger charge is -2.22. The van der Waals surface area contributed by atoms with Crippen molar-refractivity contribution in [2.75, 3.05) is 0 Å². The number of hydrogen-bond donors (Lipinski definition) is 0. The van der Waals surface area contributed by atoms with Crippen molar-refractivity contribution in [2.45, 2.75) is 12.8 Å². The molecule has 0 amide bonds. The number of hydrogen-bond acceptors (Lipinski definition) is 0. The predicted molar refractivity (Wildman–Crippen MR) is 180 cm³/mol. The Hall–Kier alpha value is -5.20. The normalized spacial score (nSPS) is 11.5. The zero-order valence-corrected chi connectivity index (χ0v) is 23.4. The van der Waals surface area contributed by atoms with E-state index in [0.29, 0.717) is 0 Å². The first-order chi connectivity index (χ1) is 20.8. The largest absolute Gasteiger partial charge is 0.0622 e. The van der Waals surface area contributed by atoms with Crippen LogP contribution in [0, 0.1) is 0 Å². The van der Waals surface area contributed by atoms with E-state index in [9.17, 15) is 0 Å². The fourth-order valence-electron chi connectivity index (χ4n) is 6.74. The third-order valence-corrected chi connectivity index (χ3v) is 8.72. The minimum Gasteiger partial charge on any atom is -0.0622 e. The molecule has 0 aliphatic carbocycles. The van der Waals surface area contributed by atoms with Crippen molar-refractivity contribution in [1.29, 1.82) is 0 Å². The zero-order valence-electron chi connectivity index (χ0n) is 23.4. The fraction of sp³-hybridized carbons (Fsp3) is 0.0476. The summed E-state index contributed by atoms with van der Waals surface area (Å²) in [6.07, 6.45) is 1.81. The average Bonchev–Trinajstić information content (AvgIpc) is 3.06. The SMILES string of the molecule is c1ccc(Cc2ccc3c(-c4ccccc4)cc4c(Cc5ccccc5)ccc5c(-c6ccccc6)cc2c3c45)cc1. The molecule has 0 unspecified atom stereocenters. The van der Waals surface area contributed by atoms with Gasteiger partial charge in [-0.05, 0) is 102 Å². The van der Waals surface area contributed by atoms with E-state index in [2.05, 4.69) is 158 Å². The Morgan fingerprint density at radius 1 is 0.310 bits per heavy atom. The highest BCUT2D eigenvalue weighted by Gasteiger charge is 2.20. The van der Waals surface area contributed by atoms with Gasteiger partial charge < -0.3 is 0 Å². The molecule has 42 heavy (non-hydrogen) atoms. The Morgan fingerprint density at radius 3 is 1.05 bits per heavy atom. The minimum atomic E-state index is 0.904. The second-order valence-electron chi connectivity index (χ2n) is 11.3. The third kappa shape index (κ3) is 4.24. The molecule has 0 fully saturated rings. The molecular formula is C42H30. The van der Waals surface area contributed by atoms with Crippen molar-refractivity contribution in [3.8, 4) is 22.3 Å². The van der Waals surface area contributed by atoms with E-state index < -0.39 is 0 Å². The van der Waals surface area contributed by atoms with Gasteiger partial charge in [-0.1, -0.05) is 146 Å². The van der Waals surface area contributed by atoms with E-state index in [0.717, 1.165) is 12.8 Å². The van der Waals surface area contributed by atoms with E-state index >= 15 is 0 Å². The summed E-state index contributed by atoms with van der Waals surface area (Å²) in [6, 6.07) is 57.9. The Bertz CT molecular complexity index is 1980. The maximum absolute atomic E-state index is 2.46. The van der Waals surface area contributed by atoms with Gasteiger partial charge in [0.2, 0.25) is 0 Å². The van der Waals surface area contributed by atoms with Gasteiger partial charge in [-0.2, -0.15) is 0 Å². The van der Waals surface area contributed by atoms with Gasteiger partial charge in [-0.15, -0.1) is 0 Å². The number of benzene rings is 8. The van der Waals surface area contributed by atoms with Crippen LogP contribution in [0.4, 0.5) is 0 Å². The molecule has 0 saturated carbocycles. The standard InChI is InChI=1S/C42H30/c1-5-13-29(14-6-1)25-33-21-23-35-38(32-19-11-4-12-20-32)28-40-34(26-30-15-7-2-8-16-30)22-24-36-37(31-17-9-3-10-18-31)27-39(33)41(35)42(36)40/h1-24,27-28H,25-26H2. The molecular weight excluding hydrogens is 504 g/mol. The van der Waals surface area contributed by atoms with Crippen LogP contribution in [-0.4, -0.2) is 0 Å². The van der Waals surface area contributed by atoms with Gasteiger partial charge in [0, 0.05) is 0 Å². The van der Waals surface area contributed by atoms with Crippen molar-refractivity contribution >= 4 is 32.3 Å². The highest BCUT2D eigenvalue weighted by molar-refractivity contribution is 6.30. The van der Waals surface area contributed by atoms with E-state index in [1.165, 1.54) is 76.8 Å². The second-order valence-corrected chi connectivity index (χ2v) is 11.3. The average molecular weight is 535 g/mol. The fourth-order valence-corrected chi connectivity index (χ4v) is 6.74. The molecule has 8 aromatic carbocycles. The maximum Gasteiger partial charge on any atom is -0.00171 e. The molecule has 0 heterocycles. The predicted octanol–water partition coefficient (Wildman–Crippen LogP) is 11.1. The van der Waals surface area contributed by atoms with Crippen LogP contribution in [0.3, 0.4) is 0 Å². The molecule has 0 bridgehead atoms. The zero-order chi connectivity index (χ0) is 27.9. The molecule has 0 heteroatoms. The molecule has 0 spiro atoms. The topological polar surface area (TPSA) is 0 Å². The molecule has 0 radical (unpaired) electrons. The van der Waals surface area contributed by atoms with Crippen LogP contribution < -0.4 is 0 Å². The molecule has 0 N–H and O–H groups in total. The van der Waals surface area contributed by atoms with Gasteiger partial charge in [-0.25, -0.2) is 0 Å². The van der Waals surface area contributed by atoms with Gasteiger partial charge in [0.25, 0.3) is 0 Å². The maximum atomic E-state index is 2.46. The Morgan fingerprint density at radius 2 is 0.667 bits per heavy atom. The van der Waals surface area contributed by atoms with Crippen LogP contribution in [0.5, 0.6) is 0 Å². The summed E-state index contributed by atoms with van der Waals surface area (Å²) in [4.78, 5) is 0. The van der Waals surface area contributed by atoms with Crippen LogP contribution >= 0.6 is 0 Å². The summed E-state index contributed by atoms with van der Waals surface area (Å²) in [5.74, 6) is 0. The van der Waals surface area contributed by atoms with Crippen LogP contribution in [0.25, 0.3) is 54.6 Å². The van der Waals surface area contributed by atoms with Crippen LogP contribution in [0.2, 0.25) is 0 Å². The van der Waals surface area contributed by atoms with Crippen molar-refractivity contribution in [2.24, 2.45) is 0 Å². The lowest BCUT2D eigenvalue weighted by atomic mass is 9.82. The van der Waals surface area contributed by atoms with Gasteiger partial charge in [0.1, 0.15) is 0 Å². The minimum absolute atomic E-state index is 0.904. The first kappa shape index (κ1) is 24.6. The highest BCUT2D eigenvalue weighted by Crippen LogP contribution is 2.46. The molecule has 198 valence electrons. The third-order valence-electron chi connectivity index (χ3n) is 8.72. The van der Waals surface area contributed by atoms with Gasteiger partial charge >= 0.3 is 0 Å². The summed E-state index contributed by atoms with van der Waals surface area (Å²) >= 11 is 0.